The first-order valence-corrected chi connectivity index (χ1v) is 7.95. The van der Waals surface area contributed by atoms with E-state index < -0.39 is 0 Å². The van der Waals surface area contributed by atoms with Crippen molar-refractivity contribution >= 4 is 0 Å². The maximum Gasteiger partial charge on any atom is 0.00937 e. The Morgan fingerprint density at radius 2 is 1.72 bits per heavy atom. The highest BCUT2D eigenvalue weighted by Crippen LogP contribution is 2.06. The van der Waals surface area contributed by atoms with E-state index in [1.165, 1.54) is 64.8 Å². The minimum atomic E-state index is 0.657. The van der Waals surface area contributed by atoms with Gasteiger partial charge in [-0.25, -0.2) is 0 Å². The van der Waals surface area contributed by atoms with Gasteiger partial charge >= 0.3 is 0 Å². The summed E-state index contributed by atoms with van der Waals surface area (Å²) in [5.74, 6) is 0. The maximum absolute atomic E-state index is 3.79. The van der Waals surface area contributed by atoms with Gasteiger partial charge in [0.1, 0.15) is 0 Å². The molecule has 0 aliphatic carbocycles. The molecule has 1 unspecified atom stereocenters. The Kier molecular flexibility index (Phi) is 8.64. The van der Waals surface area contributed by atoms with E-state index in [1.54, 1.807) is 0 Å². The van der Waals surface area contributed by atoms with Gasteiger partial charge in [0, 0.05) is 12.1 Å². The Hall–Kier alpha value is -0.120. The summed E-state index contributed by atoms with van der Waals surface area (Å²) in [5.41, 5.74) is 0. The van der Waals surface area contributed by atoms with Crippen LogP contribution in [0.3, 0.4) is 0 Å². The Bertz CT molecular complexity index is 184. The smallest absolute Gasteiger partial charge is 0.00937 e. The molecule has 0 amide bonds. The van der Waals surface area contributed by atoms with E-state index in [4.69, 9.17) is 0 Å². The second kappa shape index (κ2) is 9.76. The van der Waals surface area contributed by atoms with E-state index in [2.05, 4.69) is 36.3 Å². The van der Waals surface area contributed by atoms with Gasteiger partial charge in [-0.1, -0.05) is 13.8 Å². The van der Waals surface area contributed by atoms with Crippen LogP contribution in [0.4, 0.5) is 0 Å². The average Bonchev–Trinajstić information content (AvgIpc) is 2.38. The predicted octanol–water partition coefficient (Wildman–Crippen LogP) is 2.23. The zero-order valence-electron chi connectivity index (χ0n) is 12.7. The van der Waals surface area contributed by atoms with Crippen molar-refractivity contribution in [3.8, 4) is 0 Å². The van der Waals surface area contributed by atoms with Gasteiger partial charge in [-0.15, -0.1) is 0 Å². The molecule has 0 aromatic heterocycles. The second-order valence-electron chi connectivity index (χ2n) is 5.72. The standard InChI is InChI=1S/C15H33N3/c1-4-11-18(12-5-2)13-8-14(3)17-15-6-9-16-10-7-15/h14-17H,4-13H2,1-3H3. The largest absolute Gasteiger partial charge is 0.317 e. The highest BCUT2D eigenvalue weighted by Gasteiger charge is 2.15. The van der Waals surface area contributed by atoms with E-state index in [1.807, 2.05) is 0 Å². The molecule has 3 heteroatoms. The lowest BCUT2D eigenvalue weighted by Crippen LogP contribution is -2.44. The highest BCUT2D eigenvalue weighted by atomic mass is 15.1. The zero-order chi connectivity index (χ0) is 13.2. The van der Waals surface area contributed by atoms with Gasteiger partial charge in [-0.05, 0) is 71.8 Å². The maximum atomic E-state index is 3.79. The lowest BCUT2D eigenvalue weighted by atomic mass is 10.0. The van der Waals surface area contributed by atoms with Crippen molar-refractivity contribution < 1.29 is 0 Å². The van der Waals surface area contributed by atoms with Crippen molar-refractivity contribution in [2.24, 2.45) is 0 Å². The van der Waals surface area contributed by atoms with Gasteiger partial charge in [0.25, 0.3) is 0 Å². The molecule has 0 bridgehead atoms. The van der Waals surface area contributed by atoms with E-state index in [-0.39, 0.29) is 0 Å². The molecule has 0 spiro atoms. The predicted molar refractivity (Wildman–Crippen MR) is 80.1 cm³/mol. The van der Waals surface area contributed by atoms with Gasteiger partial charge in [-0.3, -0.25) is 0 Å². The van der Waals surface area contributed by atoms with Crippen LogP contribution < -0.4 is 10.6 Å². The van der Waals surface area contributed by atoms with Crippen molar-refractivity contribution in [3.63, 3.8) is 0 Å². The van der Waals surface area contributed by atoms with Crippen molar-refractivity contribution in [3.05, 3.63) is 0 Å². The van der Waals surface area contributed by atoms with Crippen LogP contribution in [-0.4, -0.2) is 49.7 Å². The number of piperidine rings is 1. The van der Waals surface area contributed by atoms with Crippen molar-refractivity contribution in [2.45, 2.75) is 65.0 Å². The van der Waals surface area contributed by atoms with Crippen LogP contribution in [0.5, 0.6) is 0 Å². The van der Waals surface area contributed by atoms with Crippen LogP contribution in [0, 0.1) is 0 Å². The quantitative estimate of drug-likeness (QED) is 0.661. The van der Waals surface area contributed by atoms with E-state index >= 15 is 0 Å². The van der Waals surface area contributed by atoms with Gasteiger partial charge in [0.15, 0.2) is 0 Å². The van der Waals surface area contributed by atoms with Crippen LogP contribution in [0.25, 0.3) is 0 Å². The molecule has 108 valence electrons. The Morgan fingerprint density at radius 1 is 1.11 bits per heavy atom. The number of nitrogens with one attached hydrogen (secondary N) is 2. The fourth-order valence-electron chi connectivity index (χ4n) is 2.82. The minimum Gasteiger partial charge on any atom is -0.317 e. The molecule has 0 aromatic carbocycles. The molecule has 1 aliphatic rings. The van der Waals surface area contributed by atoms with Gasteiger partial charge in [0.05, 0.1) is 0 Å². The van der Waals surface area contributed by atoms with Crippen molar-refractivity contribution in [1.82, 2.24) is 15.5 Å². The summed E-state index contributed by atoms with van der Waals surface area (Å²) in [5, 5.41) is 7.22. The molecule has 1 aliphatic heterocycles. The number of hydrogen-bond donors (Lipinski definition) is 2. The van der Waals surface area contributed by atoms with Crippen LogP contribution in [0.2, 0.25) is 0 Å². The topological polar surface area (TPSA) is 27.3 Å². The number of rotatable bonds is 9. The van der Waals surface area contributed by atoms with E-state index in [0.29, 0.717) is 6.04 Å². The summed E-state index contributed by atoms with van der Waals surface area (Å²) in [6, 6.07) is 1.40. The lowest BCUT2D eigenvalue weighted by Gasteiger charge is -2.29. The number of nitrogens with zero attached hydrogens (tertiary/aromatic N) is 1. The molecule has 1 fully saturated rings. The van der Waals surface area contributed by atoms with Gasteiger partial charge in [0.2, 0.25) is 0 Å². The molecule has 3 nitrogen and oxygen atoms in total. The zero-order valence-corrected chi connectivity index (χ0v) is 12.7. The van der Waals surface area contributed by atoms with E-state index in [9.17, 15) is 0 Å². The normalized spacial score (nSPS) is 19.3. The lowest BCUT2D eigenvalue weighted by molar-refractivity contribution is 0.250. The van der Waals surface area contributed by atoms with E-state index in [0.717, 1.165) is 6.04 Å². The van der Waals surface area contributed by atoms with Crippen molar-refractivity contribution in [2.75, 3.05) is 32.7 Å². The first-order valence-electron chi connectivity index (χ1n) is 7.95. The summed E-state index contributed by atoms with van der Waals surface area (Å²) < 4.78 is 0. The molecule has 1 rings (SSSR count). The second-order valence-corrected chi connectivity index (χ2v) is 5.72. The molecule has 0 aromatic rings. The molecular weight excluding hydrogens is 222 g/mol. The molecule has 18 heavy (non-hydrogen) atoms. The Balaban J connectivity index is 2.15. The molecule has 0 saturated carbocycles. The summed E-state index contributed by atoms with van der Waals surface area (Å²) in [6.45, 7) is 13.0. The number of hydrogen-bond acceptors (Lipinski definition) is 3. The Labute approximate surface area is 114 Å². The average molecular weight is 255 g/mol. The Morgan fingerprint density at radius 3 is 2.28 bits per heavy atom. The third-order valence-electron chi connectivity index (χ3n) is 3.82. The first-order chi connectivity index (χ1) is 8.76. The van der Waals surface area contributed by atoms with Gasteiger partial charge < -0.3 is 15.5 Å². The molecule has 1 atom stereocenters. The monoisotopic (exact) mass is 255 g/mol. The fraction of sp³-hybridized carbons (Fsp3) is 1.00. The molecule has 1 saturated heterocycles. The SMILES string of the molecule is CCCN(CCC)CCC(C)NC1CCNCC1. The van der Waals surface area contributed by atoms with Crippen LogP contribution in [0.1, 0.15) is 52.9 Å². The molecular formula is C15H33N3. The molecule has 2 N–H and O–H groups in total. The molecule has 0 radical (unpaired) electrons. The summed E-state index contributed by atoms with van der Waals surface area (Å²) >= 11 is 0. The fourth-order valence-corrected chi connectivity index (χ4v) is 2.82. The minimum absolute atomic E-state index is 0.657. The third-order valence-corrected chi connectivity index (χ3v) is 3.82. The van der Waals surface area contributed by atoms with Gasteiger partial charge in [-0.2, -0.15) is 0 Å². The van der Waals surface area contributed by atoms with Crippen molar-refractivity contribution in [1.29, 1.82) is 0 Å². The van der Waals surface area contributed by atoms with Crippen LogP contribution >= 0.6 is 0 Å². The first kappa shape index (κ1) is 15.9. The summed E-state index contributed by atoms with van der Waals surface area (Å²) in [6.07, 6.45) is 6.41. The highest BCUT2D eigenvalue weighted by molar-refractivity contribution is 4.77. The van der Waals surface area contributed by atoms with Crippen LogP contribution in [0.15, 0.2) is 0 Å². The summed E-state index contributed by atoms with van der Waals surface area (Å²) in [7, 11) is 0. The third kappa shape index (κ3) is 6.72. The van der Waals surface area contributed by atoms with Crippen LogP contribution in [-0.2, 0) is 0 Å². The molecule has 1 heterocycles. The summed E-state index contributed by atoms with van der Waals surface area (Å²) in [4.78, 5) is 2.61.